The molecule has 2 fully saturated rings. The summed E-state index contributed by atoms with van der Waals surface area (Å²) in [6.45, 7) is 10.3. The molecule has 0 unspecified atom stereocenters. The van der Waals surface area contributed by atoms with E-state index < -0.39 is 0 Å². The summed E-state index contributed by atoms with van der Waals surface area (Å²) in [5.41, 5.74) is 11.9. The van der Waals surface area contributed by atoms with Crippen molar-refractivity contribution >= 4 is 17.6 Å². The first-order chi connectivity index (χ1) is 22.6. The highest BCUT2D eigenvalue weighted by Crippen LogP contribution is 2.31. The van der Waals surface area contributed by atoms with Gasteiger partial charge in [-0.2, -0.15) is 5.10 Å². The van der Waals surface area contributed by atoms with Gasteiger partial charge in [0.2, 0.25) is 0 Å². The molecule has 47 heavy (non-hydrogen) atoms. The van der Waals surface area contributed by atoms with Gasteiger partial charge in [-0.1, -0.05) is 36.4 Å². The second-order valence-electron chi connectivity index (χ2n) is 13.0. The molecule has 6 rings (SSSR count). The fourth-order valence-electron chi connectivity index (χ4n) is 6.62. The minimum atomic E-state index is -0.306. The Morgan fingerprint density at radius 3 is 2.26 bits per heavy atom. The molecule has 1 atom stereocenters. The molecule has 2 aliphatic rings. The first kappa shape index (κ1) is 32.4. The molecular formula is C36H44N8O3. The van der Waals surface area contributed by atoms with Gasteiger partial charge in [-0.15, -0.1) is 0 Å². The normalized spacial score (nSPS) is 17.6. The standard InChI is InChI=1S/C36H44N8O3/c1-36(2,44-16-14-42(15-17-44)18-19-45)30-10-8-26(9-11-30)25-4-6-27(7-5-25)35(47)43-13-12-31(24-43)40-34(46)32-20-28(21-38-33(32)37)29-22-39-41(3)23-29/h4-11,20-23,31,45H,12-19,24H2,1-3H3,(H2,37,38)(H,40,46)/t31-/m1/s1. The predicted molar refractivity (Wildman–Crippen MR) is 183 cm³/mol. The molecular weight excluding hydrogens is 592 g/mol. The van der Waals surface area contributed by atoms with Crippen LogP contribution in [0.4, 0.5) is 5.82 Å². The molecule has 4 N–H and O–H groups in total. The maximum atomic E-state index is 13.4. The van der Waals surface area contributed by atoms with Crippen LogP contribution in [-0.4, -0.2) is 105 Å². The quantitative estimate of drug-likeness (QED) is 0.255. The van der Waals surface area contributed by atoms with E-state index in [0.717, 1.165) is 55.0 Å². The third-order valence-corrected chi connectivity index (χ3v) is 9.65. The first-order valence-electron chi connectivity index (χ1n) is 16.3. The summed E-state index contributed by atoms with van der Waals surface area (Å²) in [6, 6.07) is 18.0. The van der Waals surface area contributed by atoms with E-state index in [-0.39, 0.29) is 35.8 Å². The lowest BCUT2D eigenvalue weighted by Crippen LogP contribution is -2.53. The van der Waals surface area contributed by atoms with Gasteiger partial charge in [0, 0.05) is 93.5 Å². The minimum Gasteiger partial charge on any atom is -0.395 e. The van der Waals surface area contributed by atoms with Gasteiger partial charge >= 0.3 is 0 Å². The summed E-state index contributed by atoms with van der Waals surface area (Å²) >= 11 is 0. The van der Waals surface area contributed by atoms with Crippen molar-refractivity contribution < 1.29 is 14.7 Å². The van der Waals surface area contributed by atoms with Crippen molar-refractivity contribution in [2.45, 2.75) is 31.8 Å². The summed E-state index contributed by atoms with van der Waals surface area (Å²) < 4.78 is 1.69. The first-order valence-corrected chi connectivity index (χ1v) is 16.3. The van der Waals surface area contributed by atoms with E-state index in [1.165, 1.54) is 5.56 Å². The Hall–Kier alpha value is -4.58. The number of nitrogens with one attached hydrogen (secondary N) is 1. The minimum absolute atomic E-state index is 0.0516. The number of nitrogen functional groups attached to an aromatic ring is 1. The molecule has 2 aromatic carbocycles. The van der Waals surface area contributed by atoms with E-state index in [1.54, 1.807) is 28.0 Å². The Bertz CT molecular complexity index is 1710. The van der Waals surface area contributed by atoms with Crippen molar-refractivity contribution in [1.82, 2.24) is 34.8 Å². The lowest BCUT2D eigenvalue weighted by molar-refractivity contribution is 0.0440. The Kier molecular flexibility index (Phi) is 9.40. The molecule has 0 bridgehead atoms. The van der Waals surface area contributed by atoms with Crippen molar-refractivity contribution in [2.75, 3.05) is 58.2 Å². The number of benzene rings is 2. The maximum Gasteiger partial charge on any atom is 0.255 e. The largest absolute Gasteiger partial charge is 0.395 e. The van der Waals surface area contributed by atoms with Gasteiger partial charge in [0.25, 0.3) is 11.8 Å². The zero-order valence-electron chi connectivity index (χ0n) is 27.4. The lowest BCUT2D eigenvalue weighted by Gasteiger charge is -2.44. The van der Waals surface area contributed by atoms with E-state index in [1.807, 2.05) is 37.5 Å². The molecule has 11 nitrogen and oxygen atoms in total. The number of β-amino-alcohol motifs (C(OH)–C–C–N with tert-alkyl or cyclic N) is 1. The van der Waals surface area contributed by atoms with Crippen LogP contribution in [0.25, 0.3) is 22.3 Å². The molecule has 2 aromatic heterocycles. The van der Waals surface area contributed by atoms with Crippen LogP contribution >= 0.6 is 0 Å². The van der Waals surface area contributed by atoms with Crippen LogP contribution in [0.1, 0.15) is 46.5 Å². The second-order valence-corrected chi connectivity index (χ2v) is 13.0. The van der Waals surface area contributed by atoms with Gasteiger partial charge in [-0.3, -0.25) is 24.1 Å². The van der Waals surface area contributed by atoms with Crippen molar-refractivity contribution in [3.05, 3.63) is 89.9 Å². The molecule has 2 aliphatic heterocycles. The Balaban J connectivity index is 1.04. The number of carbonyl (C=O) groups is 2. The summed E-state index contributed by atoms with van der Waals surface area (Å²) in [4.78, 5) is 37.4. The fourth-order valence-corrected chi connectivity index (χ4v) is 6.62. The highest BCUT2D eigenvalue weighted by atomic mass is 16.3. The van der Waals surface area contributed by atoms with Crippen LogP contribution in [-0.2, 0) is 12.6 Å². The number of piperazine rings is 1. The fraction of sp³-hybridized carbons (Fsp3) is 0.389. The molecule has 2 saturated heterocycles. The monoisotopic (exact) mass is 636 g/mol. The number of pyridine rings is 1. The molecule has 0 radical (unpaired) electrons. The Morgan fingerprint density at radius 2 is 1.62 bits per heavy atom. The number of nitrogens with two attached hydrogens (primary N) is 1. The number of aliphatic hydroxyl groups is 1. The molecule has 2 amide bonds. The topological polar surface area (TPSA) is 133 Å². The van der Waals surface area contributed by atoms with Gasteiger partial charge in [-0.25, -0.2) is 4.98 Å². The molecule has 246 valence electrons. The molecule has 11 heteroatoms. The van der Waals surface area contributed by atoms with Crippen molar-refractivity contribution in [2.24, 2.45) is 7.05 Å². The smallest absolute Gasteiger partial charge is 0.255 e. The highest BCUT2D eigenvalue weighted by molar-refractivity contribution is 6.00. The van der Waals surface area contributed by atoms with E-state index in [4.69, 9.17) is 5.73 Å². The van der Waals surface area contributed by atoms with Gasteiger partial charge in [0.15, 0.2) is 0 Å². The second kappa shape index (κ2) is 13.6. The number of aryl methyl sites for hydroxylation is 1. The van der Waals surface area contributed by atoms with E-state index in [9.17, 15) is 14.7 Å². The lowest BCUT2D eigenvalue weighted by atomic mass is 9.90. The van der Waals surface area contributed by atoms with Crippen LogP contribution in [0.15, 0.2) is 73.2 Å². The van der Waals surface area contributed by atoms with Crippen molar-refractivity contribution in [3.8, 4) is 22.3 Å². The molecule has 0 spiro atoms. The summed E-state index contributed by atoms with van der Waals surface area (Å²) in [6.07, 6.45) is 5.85. The summed E-state index contributed by atoms with van der Waals surface area (Å²) in [5, 5.41) is 16.5. The number of aromatic nitrogens is 3. The average Bonchev–Trinajstić information content (AvgIpc) is 3.74. The SMILES string of the molecule is Cn1cc(-c2cnc(N)c(C(=O)N[C@@H]3CCN(C(=O)c4ccc(-c5ccc(C(C)(C)N6CCN(CCO)CC6)cc5)cc4)C3)c2)cn1. The third-order valence-electron chi connectivity index (χ3n) is 9.65. The zero-order chi connectivity index (χ0) is 33.1. The predicted octanol–water partition coefficient (Wildman–Crippen LogP) is 3.22. The zero-order valence-corrected chi connectivity index (χ0v) is 27.4. The van der Waals surface area contributed by atoms with E-state index >= 15 is 0 Å². The number of anilines is 1. The number of aliphatic hydroxyl groups excluding tert-OH is 1. The van der Waals surface area contributed by atoms with Gasteiger partial charge in [0.05, 0.1) is 18.4 Å². The van der Waals surface area contributed by atoms with E-state index in [0.29, 0.717) is 30.6 Å². The maximum absolute atomic E-state index is 13.4. The van der Waals surface area contributed by atoms with Crippen LogP contribution in [0.5, 0.6) is 0 Å². The Morgan fingerprint density at radius 1 is 0.936 bits per heavy atom. The number of nitrogens with zero attached hydrogens (tertiary/aromatic N) is 6. The molecule has 4 aromatic rings. The van der Waals surface area contributed by atoms with Gasteiger partial charge < -0.3 is 21.1 Å². The highest BCUT2D eigenvalue weighted by Gasteiger charge is 2.32. The summed E-state index contributed by atoms with van der Waals surface area (Å²) in [5.74, 6) is -0.198. The van der Waals surface area contributed by atoms with Gasteiger partial charge in [-0.05, 0) is 55.2 Å². The van der Waals surface area contributed by atoms with Crippen LogP contribution in [0.3, 0.4) is 0 Å². The molecule has 0 aliphatic carbocycles. The third kappa shape index (κ3) is 7.07. The van der Waals surface area contributed by atoms with Crippen molar-refractivity contribution in [3.63, 3.8) is 0 Å². The number of rotatable bonds is 9. The van der Waals surface area contributed by atoms with Gasteiger partial charge in [0.1, 0.15) is 5.82 Å². The molecule has 4 heterocycles. The van der Waals surface area contributed by atoms with E-state index in [2.05, 4.69) is 63.3 Å². The number of hydrogen-bond acceptors (Lipinski definition) is 8. The number of amides is 2. The number of hydrogen-bond donors (Lipinski definition) is 3. The Labute approximate surface area is 276 Å². The number of carbonyl (C=O) groups excluding carboxylic acids is 2. The summed E-state index contributed by atoms with van der Waals surface area (Å²) in [7, 11) is 1.83. The van der Waals surface area contributed by atoms with Crippen LogP contribution < -0.4 is 11.1 Å². The molecule has 0 saturated carbocycles. The van der Waals surface area contributed by atoms with Crippen molar-refractivity contribution in [1.29, 1.82) is 0 Å². The average molecular weight is 637 g/mol. The van der Waals surface area contributed by atoms with Crippen LogP contribution in [0, 0.1) is 0 Å². The van der Waals surface area contributed by atoms with Crippen LogP contribution in [0.2, 0.25) is 0 Å². The number of likely N-dealkylation sites (tertiary alicyclic amines) is 1.